The normalized spacial score (nSPS) is 9.69. The average molecular weight is 184 g/mol. The first-order chi connectivity index (χ1) is 6.16. The van der Waals surface area contributed by atoms with Crippen LogP contribution in [0.5, 0.6) is 0 Å². The third-order valence-electron chi connectivity index (χ3n) is 1.41. The number of nitrogens with two attached hydrogens (primary N) is 1. The first-order valence-electron chi connectivity index (χ1n) is 3.73. The van der Waals surface area contributed by atoms with Crippen molar-refractivity contribution in [3.63, 3.8) is 0 Å². The molecule has 0 saturated heterocycles. The van der Waals surface area contributed by atoms with Gasteiger partial charge in [0, 0.05) is 0 Å². The van der Waals surface area contributed by atoms with Crippen molar-refractivity contribution in [2.45, 2.75) is 6.92 Å². The Morgan fingerprint density at radius 1 is 1.69 bits per heavy atom. The van der Waals surface area contributed by atoms with Gasteiger partial charge in [-0.3, -0.25) is 4.98 Å². The summed E-state index contributed by atoms with van der Waals surface area (Å²) in [6, 6.07) is 0. The molecule has 0 aliphatic carbocycles. The number of nitrogen functional groups attached to an aromatic ring is 1. The lowest BCUT2D eigenvalue weighted by molar-refractivity contribution is 0.0522. The zero-order valence-electron chi connectivity index (χ0n) is 7.08. The molecule has 0 radical (unpaired) electrons. The van der Waals surface area contributed by atoms with E-state index in [2.05, 4.69) is 9.72 Å². The van der Waals surface area contributed by atoms with Gasteiger partial charge in [0.1, 0.15) is 5.56 Å². The maximum Gasteiger partial charge on any atom is 0.343 e. The van der Waals surface area contributed by atoms with Crippen molar-refractivity contribution in [3.05, 3.63) is 23.8 Å². The Morgan fingerprint density at radius 3 is 2.92 bits per heavy atom. The fourth-order valence-electron chi connectivity index (χ4n) is 0.869. The van der Waals surface area contributed by atoms with Gasteiger partial charge in [-0.25, -0.2) is 9.18 Å². The van der Waals surface area contributed by atoms with E-state index in [1.807, 2.05) is 0 Å². The molecule has 1 aromatic rings. The quantitative estimate of drug-likeness (QED) is 0.696. The van der Waals surface area contributed by atoms with E-state index in [-0.39, 0.29) is 17.9 Å². The van der Waals surface area contributed by atoms with Gasteiger partial charge < -0.3 is 10.5 Å². The molecule has 0 bridgehead atoms. The predicted molar refractivity (Wildman–Crippen MR) is 44.6 cm³/mol. The summed E-state index contributed by atoms with van der Waals surface area (Å²) >= 11 is 0. The van der Waals surface area contributed by atoms with Crippen LogP contribution in [-0.2, 0) is 4.74 Å². The molecular formula is C8H9FN2O2. The highest BCUT2D eigenvalue weighted by atomic mass is 19.1. The van der Waals surface area contributed by atoms with Gasteiger partial charge in [0.05, 0.1) is 24.7 Å². The number of carbonyl (C=O) groups excluding carboxylic acids is 1. The lowest BCUT2D eigenvalue weighted by Crippen LogP contribution is -2.10. The van der Waals surface area contributed by atoms with Crippen molar-refractivity contribution in [1.82, 2.24) is 4.98 Å². The molecule has 0 amide bonds. The van der Waals surface area contributed by atoms with Gasteiger partial charge in [0.25, 0.3) is 0 Å². The zero-order valence-corrected chi connectivity index (χ0v) is 7.08. The first kappa shape index (κ1) is 9.44. The zero-order chi connectivity index (χ0) is 9.84. The molecule has 0 aliphatic rings. The number of carbonyl (C=O) groups is 1. The van der Waals surface area contributed by atoms with Gasteiger partial charge in [0.15, 0.2) is 5.82 Å². The Bertz CT molecular complexity index is 308. The van der Waals surface area contributed by atoms with E-state index in [1.165, 1.54) is 6.20 Å². The number of hydrogen-bond acceptors (Lipinski definition) is 4. The summed E-state index contributed by atoms with van der Waals surface area (Å²) in [6.45, 7) is 1.81. The molecule has 0 aromatic carbocycles. The number of hydrogen-bond donors (Lipinski definition) is 1. The summed E-state index contributed by atoms with van der Waals surface area (Å²) in [6.07, 6.45) is 2.12. The van der Waals surface area contributed by atoms with E-state index in [9.17, 15) is 9.18 Å². The van der Waals surface area contributed by atoms with Crippen LogP contribution in [0.2, 0.25) is 0 Å². The average Bonchev–Trinajstić information content (AvgIpc) is 2.04. The molecule has 13 heavy (non-hydrogen) atoms. The van der Waals surface area contributed by atoms with E-state index in [1.54, 1.807) is 6.92 Å². The van der Waals surface area contributed by atoms with Crippen LogP contribution in [0.1, 0.15) is 17.3 Å². The number of halogens is 1. The molecular weight excluding hydrogens is 175 g/mol. The van der Waals surface area contributed by atoms with E-state index < -0.39 is 11.8 Å². The van der Waals surface area contributed by atoms with E-state index in [0.29, 0.717) is 0 Å². The molecule has 4 nitrogen and oxygen atoms in total. The highest BCUT2D eigenvalue weighted by molar-refractivity contribution is 5.94. The predicted octanol–water partition coefficient (Wildman–Crippen LogP) is 0.980. The van der Waals surface area contributed by atoms with Crippen LogP contribution in [-0.4, -0.2) is 17.6 Å². The third-order valence-corrected chi connectivity index (χ3v) is 1.41. The molecule has 5 heteroatoms. The number of aromatic nitrogens is 1. The first-order valence-corrected chi connectivity index (χ1v) is 3.73. The topological polar surface area (TPSA) is 65.2 Å². The minimum Gasteiger partial charge on any atom is -0.462 e. The molecule has 1 rings (SSSR count). The van der Waals surface area contributed by atoms with Crippen LogP contribution in [0, 0.1) is 5.82 Å². The van der Waals surface area contributed by atoms with Gasteiger partial charge in [-0.2, -0.15) is 0 Å². The molecule has 70 valence electrons. The molecule has 0 atom stereocenters. The van der Waals surface area contributed by atoms with Crippen molar-refractivity contribution in [1.29, 1.82) is 0 Å². The van der Waals surface area contributed by atoms with Gasteiger partial charge in [-0.1, -0.05) is 0 Å². The lowest BCUT2D eigenvalue weighted by Gasteiger charge is -2.04. The molecule has 0 fully saturated rings. The summed E-state index contributed by atoms with van der Waals surface area (Å²) in [5.41, 5.74) is 5.08. The maximum atomic E-state index is 13.0. The van der Waals surface area contributed by atoms with Gasteiger partial charge in [-0.15, -0.1) is 0 Å². The maximum absolute atomic E-state index is 13.0. The minimum atomic E-state index is -0.765. The fraction of sp³-hybridized carbons (Fsp3) is 0.250. The van der Waals surface area contributed by atoms with E-state index >= 15 is 0 Å². The Hall–Kier alpha value is -1.65. The Kier molecular flexibility index (Phi) is 2.79. The molecule has 1 aromatic heterocycles. The van der Waals surface area contributed by atoms with Crippen molar-refractivity contribution in [2.24, 2.45) is 0 Å². The summed E-state index contributed by atoms with van der Waals surface area (Å²) in [5, 5.41) is 0. The Labute approximate surface area is 74.5 Å². The third kappa shape index (κ3) is 1.93. The minimum absolute atomic E-state index is 0.0153. The van der Waals surface area contributed by atoms with Crippen LogP contribution >= 0.6 is 0 Å². The molecule has 2 N–H and O–H groups in total. The van der Waals surface area contributed by atoms with Gasteiger partial charge in [-0.05, 0) is 6.92 Å². The highest BCUT2D eigenvalue weighted by Crippen LogP contribution is 2.14. The van der Waals surface area contributed by atoms with Crippen LogP contribution in [0.4, 0.5) is 10.1 Å². The second-order valence-corrected chi connectivity index (χ2v) is 2.31. The van der Waals surface area contributed by atoms with Crippen molar-refractivity contribution in [3.8, 4) is 0 Å². The van der Waals surface area contributed by atoms with Crippen LogP contribution in [0.25, 0.3) is 0 Å². The molecule has 0 unspecified atom stereocenters. The molecule has 0 saturated carbocycles. The number of nitrogens with zero attached hydrogens (tertiary/aromatic N) is 1. The summed E-state index contributed by atoms with van der Waals surface area (Å²) in [7, 11) is 0. The lowest BCUT2D eigenvalue weighted by atomic mass is 10.2. The smallest absolute Gasteiger partial charge is 0.343 e. The van der Waals surface area contributed by atoms with E-state index in [0.717, 1.165) is 6.20 Å². The van der Waals surface area contributed by atoms with Crippen molar-refractivity contribution >= 4 is 11.7 Å². The Morgan fingerprint density at radius 2 is 2.38 bits per heavy atom. The van der Waals surface area contributed by atoms with Gasteiger partial charge in [0.2, 0.25) is 0 Å². The van der Waals surface area contributed by atoms with Crippen LogP contribution in [0.15, 0.2) is 12.4 Å². The molecule has 1 heterocycles. The van der Waals surface area contributed by atoms with Crippen molar-refractivity contribution < 1.29 is 13.9 Å². The molecule has 0 spiro atoms. The number of rotatable bonds is 2. The number of anilines is 1. The Balaban J connectivity index is 3.05. The number of esters is 1. The van der Waals surface area contributed by atoms with Crippen molar-refractivity contribution in [2.75, 3.05) is 12.3 Å². The summed E-state index contributed by atoms with van der Waals surface area (Å²) in [4.78, 5) is 14.6. The van der Waals surface area contributed by atoms with Gasteiger partial charge >= 0.3 is 5.97 Å². The monoisotopic (exact) mass is 184 g/mol. The van der Waals surface area contributed by atoms with E-state index in [4.69, 9.17) is 5.73 Å². The standard InChI is InChI=1S/C8H9FN2O2/c1-2-13-8(12)7-5(9)3-11-4-6(7)10/h3-4H,2,10H2,1H3. The van der Waals surface area contributed by atoms with Crippen LogP contribution < -0.4 is 5.73 Å². The fourth-order valence-corrected chi connectivity index (χ4v) is 0.869. The molecule has 0 aliphatic heterocycles. The number of pyridine rings is 1. The second kappa shape index (κ2) is 3.84. The SMILES string of the molecule is CCOC(=O)c1c(N)cncc1F. The number of ether oxygens (including phenoxy) is 1. The summed E-state index contributed by atoms with van der Waals surface area (Å²) < 4.78 is 17.6. The largest absolute Gasteiger partial charge is 0.462 e. The summed E-state index contributed by atoms with van der Waals surface area (Å²) in [5.74, 6) is -1.53. The second-order valence-electron chi connectivity index (χ2n) is 2.31. The highest BCUT2D eigenvalue weighted by Gasteiger charge is 2.16. The van der Waals surface area contributed by atoms with Crippen LogP contribution in [0.3, 0.4) is 0 Å².